The van der Waals surface area contributed by atoms with Gasteiger partial charge in [0.15, 0.2) is 29.6 Å². The molecule has 1 fully saturated rings. The minimum absolute atomic E-state index is 0.0147. The summed E-state index contributed by atoms with van der Waals surface area (Å²) in [6.07, 6.45) is -2.22. The van der Waals surface area contributed by atoms with Crippen LogP contribution >= 0.6 is 0 Å². The number of esters is 3. The predicted octanol–water partition coefficient (Wildman–Crippen LogP) is 3.55. The lowest BCUT2D eigenvalue weighted by Crippen LogP contribution is -2.41. The molecular weight excluding hydrogens is 620 g/mol. The summed E-state index contributed by atoms with van der Waals surface area (Å²) in [6.45, 7) is -0.380. The molecule has 1 N–H and O–H groups in total. The zero-order chi connectivity index (χ0) is 33.6. The highest BCUT2D eigenvalue weighted by Gasteiger charge is 2.52. The third kappa shape index (κ3) is 6.98. The maximum atomic E-state index is 13.5. The van der Waals surface area contributed by atoms with Gasteiger partial charge in [0, 0.05) is 14.1 Å². The van der Waals surface area contributed by atoms with Gasteiger partial charge in [0.25, 0.3) is 5.56 Å². The zero-order valence-corrected chi connectivity index (χ0v) is 25.8. The quantitative estimate of drug-likeness (QED) is 0.102. The number of rotatable bonds is 10. The minimum atomic E-state index is -1.32. The number of H-pyrrole nitrogens is 1. The Bertz CT molecular complexity index is 2000. The number of nitrogens with one attached hydrogen (secondary N) is 1. The molecule has 0 aliphatic carbocycles. The van der Waals surface area contributed by atoms with E-state index < -0.39 is 48.0 Å². The van der Waals surface area contributed by atoms with Gasteiger partial charge in [0.05, 0.1) is 29.4 Å². The Kier molecular flexibility index (Phi) is 9.34. The first-order valence-electron chi connectivity index (χ1n) is 14.9. The number of aromatic amines is 1. The highest BCUT2D eigenvalue weighted by atomic mass is 16.7. The Morgan fingerprint density at radius 3 is 1.96 bits per heavy atom. The number of fused-ring (bicyclic) bond motifs is 1. The number of benzene rings is 3. The third-order valence-electron chi connectivity index (χ3n) is 7.28. The summed E-state index contributed by atoms with van der Waals surface area (Å²) in [5, 5.41) is 0. The number of hydrogen-bond donors (Lipinski definition) is 1. The van der Waals surface area contributed by atoms with Gasteiger partial charge in [-0.25, -0.2) is 24.4 Å². The molecule has 0 bridgehead atoms. The molecule has 6 rings (SSSR count). The molecule has 244 valence electrons. The van der Waals surface area contributed by atoms with Crippen molar-refractivity contribution in [3.05, 3.63) is 124 Å². The van der Waals surface area contributed by atoms with Crippen molar-refractivity contribution in [1.82, 2.24) is 24.4 Å². The van der Waals surface area contributed by atoms with Crippen LogP contribution in [0.2, 0.25) is 0 Å². The number of nitrogens with zero attached hydrogens (tertiary/aromatic N) is 5. The van der Waals surface area contributed by atoms with E-state index in [0.29, 0.717) is 5.56 Å². The zero-order valence-electron chi connectivity index (χ0n) is 25.8. The Morgan fingerprint density at radius 1 is 0.854 bits per heavy atom. The Labute approximate surface area is 273 Å². The molecule has 48 heavy (non-hydrogen) atoms. The summed E-state index contributed by atoms with van der Waals surface area (Å²) in [6, 6.07) is 24.8. The van der Waals surface area contributed by atoms with Crippen molar-refractivity contribution >= 4 is 41.4 Å². The molecule has 3 heterocycles. The van der Waals surface area contributed by atoms with Crippen LogP contribution < -0.4 is 5.56 Å². The van der Waals surface area contributed by atoms with Gasteiger partial charge in [0.1, 0.15) is 12.7 Å². The molecule has 2 aromatic heterocycles. The molecule has 14 heteroatoms. The molecule has 5 aromatic rings. The maximum absolute atomic E-state index is 13.5. The van der Waals surface area contributed by atoms with E-state index in [2.05, 4.69) is 19.9 Å². The van der Waals surface area contributed by atoms with Gasteiger partial charge in [-0.2, -0.15) is 4.98 Å². The number of imidazole rings is 1. The normalized spacial score (nSPS) is 18.9. The van der Waals surface area contributed by atoms with Crippen molar-refractivity contribution in [3.63, 3.8) is 0 Å². The molecule has 4 atom stereocenters. The lowest BCUT2D eigenvalue weighted by molar-refractivity contribution is -0.0606. The minimum Gasteiger partial charge on any atom is -0.459 e. The van der Waals surface area contributed by atoms with Crippen LogP contribution in [0.1, 0.15) is 37.3 Å². The average molecular weight is 651 g/mol. The molecule has 1 saturated heterocycles. The number of carbonyl (C=O) groups excluding carboxylic acids is 3. The van der Waals surface area contributed by atoms with E-state index in [9.17, 15) is 19.2 Å². The second-order valence-electron chi connectivity index (χ2n) is 10.9. The van der Waals surface area contributed by atoms with E-state index in [1.165, 1.54) is 17.2 Å². The molecular formula is C34H30N6O8. The third-order valence-corrected chi connectivity index (χ3v) is 7.28. The number of aromatic nitrogens is 4. The smallest absolute Gasteiger partial charge is 0.338 e. The molecule has 0 spiro atoms. The van der Waals surface area contributed by atoms with E-state index in [-0.39, 0.29) is 34.8 Å². The monoisotopic (exact) mass is 650 g/mol. The van der Waals surface area contributed by atoms with Crippen LogP contribution in [-0.4, -0.2) is 87.7 Å². The van der Waals surface area contributed by atoms with Crippen molar-refractivity contribution in [3.8, 4) is 0 Å². The van der Waals surface area contributed by atoms with Crippen LogP contribution in [0.4, 0.5) is 5.95 Å². The SMILES string of the molecule is CN(C)/C=N/c1nc2c(ncn2[C@@H]2O[C@H](COC(=O)c3ccccc3)[C@@H](OC(=O)c3ccccc3)[C@H]2OC(=O)c2ccccc2)c(=O)[nH]1. The number of hydrogen-bond acceptors (Lipinski definition) is 11. The van der Waals surface area contributed by atoms with Crippen LogP contribution in [0, 0.1) is 0 Å². The van der Waals surface area contributed by atoms with Crippen molar-refractivity contribution in [1.29, 1.82) is 0 Å². The standard InChI is InChI=1S/C34H30N6O8/c1-39(2)19-36-34-37-28-25(29(41)38-34)35-20-40(28)30-27(48-33(44)23-16-10-5-11-17-23)26(47-32(43)22-14-8-4-9-15-22)24(46-30)18-45-31(42)21-12-6-3-7-13-21/h3-17,19-20,24,26-27,30H,18H2,1-2H3,(H,37,38,41)/b36-19+/t24-,26-,27-,30-/m1/s1. The molecule has 0 unspecified atom stereocenters. The second-order valence-corrected chi connectivity index (χ2v) is 10.9. The molecule has 3 aromatic carbocycles. The first kappa shape index (κ1) is 31.8. The molecule has 14 nitrogen and oxygen atoms in total. The van der Waals surface area contributed by atoms with Gasteiger partial charge in [-0.3, -0.25) is 14.3 Å². The van der Waals surface area contributed by atoms with Gasteiger partial charge in [-0.15, -0.1) is 0 Å². The summed E-state index contributed by atoms with van der Waals surface area (Å²) in [4.78, 5) is 69.8. The summed E-state index contributed by atoms with van der Waals surface area (Å²) in [5.41, 5.74) is 0.220. The van der Waals surface area contributed by atoms with Crippen LogP contribution in [0.3, 0.4) is 0 Å². The number of aliphatic imine (C=N–C) groups is 1. The molecule has 1 aliphatic heterocycles. The molecule has 1 aliphatic rings. The molecule has 0 saturated carbocycles. The summed E-state index contributed by atoms with van der Waals surface area (Å²) in [5.74, 6) is -2.11. The summed E-state index contributed by atoms with van der Waals surface area (Å²) < 4.78 is 25.3. The lowest BCUT2D eigenvalue weighted by atomic mass is 10.1. The van der Waals surface area contributed by atoms with Gasteiger partial charge in [-0.05, 0) is 36.4 Å². The largest absolute Gasteiger partial charge is 0.459 e. The Hall–Kier alpha value is -6.15. The Morgan fingerprint density at radius 2 is 1.40 bits per heavy atom. The van der Waals surface area contributed by atoms with Crippen molar-refractivity contribution in [2.24, 2.45) is 4.99 Å². The Balaban J connectivity index is 1.41. The van der Waals surface area contributed by atoms with Crippen LogP contribution in [0.5, 0.6) is 0 Å². The van der Waals surface area contributed by atoms with Gasteiger partial charge in [-0.1, -0.05) is 54.6 Å². The van der Waals surface area contributed by atoms with E-state index >= 15 is 0 Å². The molecule has 0 radical (unpaired) electrons. The maximum Gasteiger partial charge on any atom is 0.338 e. The van der Waals surface area contributed by atoms with E-state index in [1.54, 1.807) is 110 Å². The topological polar surface area (TPSA) is 167 Å². The fraction of sp³-hybridized carbons (Fsp3) is 0.206. The predicted molar refractivity (Wildman–Crippen MR) is 172 cm³/mol. The van der Waals surface area contributed by atoms with E-state index in [4.69, 9.17) is 18.9 Å². The van der Waals surface area contributed by atoms with Crippen molar-refractivity contribution in [2.45, 2.75) is 24.5 Å². The van der Waals surface area contributed by atoms with Gasteiger partial charge in [0.2, 0.25) is 5.95 Å². The summed E-state index contributed by atoms with van der Waals surface area (Å²) >= 11 is 0. The van der Waals surface area contributed by atoms with Gasteiger partial charge >= 0.3 is 17.9 Å². The van der Waals surface area contributed by atoms with E-state index in [1.807, 2.05) is 0 Å². The average Bonchev–Trinajstić information content (AvgIpc) is 3.68. The van der Waals surface area contributed by atoms with Gasteiger partial charge < -0.3 is 23.8 Å². The first-order chi connectivity index (χ1) is 23.3. The van der Waals surface area contributed by atoms with Crippen molar-refractivity contribution < 1.29 is 33.3 Å². The second kappa shape index (κ2) is 14.1. The highest BCUT2D eigenvalue weighted by molar-refractivity contribution is 5.91. The van der Waals surface area contributed by atoms with Crippen LogP contribution in [-0.2, 0) is 18.9 Å². The fourth-order valence-corrected chi connectivity index (χ4v) is 5.01. The highest BCUT2D eigenvalue weighted by Crippen LogP contribution is 2.36. The number of ether oxygens (including phenoxy) is 4. The van der Waals surface area contributed by atoms with Crippen LogP contribution in [0.15, 0.2) is 107 Å². The number of carbonyl (C=O) groups is 3. The van der Waals surface area contributed by atoms with Crippen LogP contribution in [0.25, 0.3) is 11.2 Å². The fourth-order valence-electron chi connectivity index (χ4n) is 5.01. The van der Waals surface area contributed by atoms with Crippen molar-refractivity contribution in [2.75, 3.05) is 20.7 Å². The first-order valence-corrected chi connectivity index (χ1v) is 14.9. The van der Waals surface area contributed by atoms with E-state index in [0.717, 1.165) is 0 Å². The summed E-state index contributed by atoms with van der Waals surface area (Å²) in [7, 11) is 3.51. The molecule has 0 amide bonds. The lowest BCUT2D eigenvalue weighted by Gasteiger charge is -2.25.